The zero-order valence-corrected chi connectivity index (χ0v) is 12.7. The van der Waals surface area contributed by atoms with Gasteiger partial charge in [0.1, 0.15) is 11.5 Å². The van der Waals surface area contributed by atoms with Crippen LogP contribution in [0.4, 0.5) is 0 Å². The maximum Gasteiger partial charge on any atom is 0.122 e. The molecule has 1 fully saturated rings. The predicted octanol–water partition coefficient (Wildman–Crippen LogP) is 3.63. The molecule has 1 aliphatic rings. The van der Waals surface area contributed by atoms with Gasteiger partial charge in [-0.25, -0.2) is 0 Å². The SMILES string of the molecule is CCCNC1CCCC1CCOc1cccc(OC)c1. The van der Waals surface area contributed by atoms with Crippen LogP contribution in [0.15, 0.2) is 24.3 Å². The van der Waals surface area contributed by atoms with Crippen molar-refractivity contribution >= 4 is 0 Å². The first-order chi connectivity index (χ1) is 9.83. The summed E-state index contributed by atoms with van der Waals surface area (Å²) in [7, 11) is 1.68. The van der Waals surface area contributed by atoms with Gasteiger partial charge in [-0.3, -0.25) is 0 Å². The number of ether oxygens (including phenoxy) is 2. The molecule has 3 nitrogen and oxygen atoms in total. The third kappa shape index (κ3) is 4.41. The van der Waals surface area contributed by atoms with Gasteiger partial charge in [-0.15, -0.1) is 0 Å². The summed E-state index contributed by atoms with van der Waals surface area (Å²) in [6, 6.07) is 8.54. The number of nitrogens with one attached hydrogen (secondary N) is 1. The Morgan fingerprint density at radius 3 is 2.90 bits per heavy atom. The van der Waals surface area contributed by atoms with E-state index < -0.39 is 0 Å². The van der Waals surface area contributed by atoms with Crippen molar-refractivity contribution in [2.45, 2.75) is 45.1 Å². The molecule has 2 atom stereocenters. The Morgan fingerprint density at radius 1 is 1.25 bits per heavy atom. The van der Waals surface area contributed by atoms with Crippen molar-refractivity contribution < 1.29 is 9.47 Å². The molecule has 0 aromatic heterocycles. The highest BCUT2D eigenvalue weighted by Crippen LogP contribution is 2.29. The van der Waals surface area contributed by atoms with Crippen molar-refractivity contribution in [1.82, 2.24) is 5.32 Å². The second kappa shape index (κ2) is 8.15. The summed E-state index contributed by atoms with van der Waals surface area (Å²) in [6.07, 6.45) is 6.36. The van der Waals surface area contributed by atoms with Gasteiger partial charge in [-0.1, -0.05) is 19.4 Å². The lowest BCUT2D eigenvalue weighted by molar-refractivity contribution is 0.259. The molecule has 0 spiro atoms. The van der Waals surface area contributed by atoms with Crippen LogP contribution >= 0.6 is 0 Å². The third-order valence-corrected chi connectivity index (χ3v) is 4.11. The second-order valence-electron chi connectivity index (χ2n) is 5.57. The first kappa shape index (κ1) is 15.2. The van der Waals surface area contributed by atoms with Gasteiger partial charge in [0, 0.05) is 12.1 Å². The zero-order chi connectivity index (χ0) is 14.2. The maximum atomic E-state index is 5.86. The summed E-state index contributed by atoms with van der Waals surface area (Å²) >= 11 is 0. The Hall–Kier alpha value is -1.22. The quantitative estimate of drug-likeness (QED) is 0.787. The number of methoxy groups -OCH3 is 1. The van der Waals surface area contributed by atoms with Crippen LogP contribution in [0.1, 0.15) is 39.0 Å². The second-order valence-corrected chi connectivity index (χ2v) is 5.57. The van der Waals surface area contributed by atoms with Gasteiger partial charge in [0.2, 0.25) is 0 Å². The lowest BCUT2D eigenvalue weighted by Crippen LogP contribution is -2.33. The molecule has 1 N–H and O–H groups in total. The van der Waals surface area contributed by atoms with E-state index in [0.29, 0.717) is 6.04 Å². The minimum absolute atomic E-state index is 0.698. The lowest BCUT2D eigenvalue weighted by Gasteiger charge is -2.21. The van der Waals surface area contributed by atoms with Gasteiger partial charge >= 0.3 is 0 Å². The highest BCUT2D eigenvalue weighted by molar-refractivity contribution is 5.32. The molecule has 0 saturated heterocycles. The van der Waals surface area contributed by atoms with E-state index in [1.54, 1.807) is 7.11 Å². The van der Waals surface area contributed by atoms with Crippen LogP contribution in [0.5, 0.6) is 11.5 Å². The largest absolute Gasteiger partial charge is 0.497 e. The minimum atomic E-state index is 0.698. The smallest absolute Gasteiger partial charge is 0.122 e. The number of benzene rings is 1. The van der Waals surface area contributed by atoms with Crippen LogP contribution in [0.25, 0.3) is 0 Å². The molecular weight excluding hydrogens is 250 g/mol. The van der Waals surface area contributed by atoms with Crippen molar-refractivity contribution in [3.05, 3.63) is 24.3 Å². The van der Waals surface area contributed by atoms with Crippen molar-refractivity contribution in [2.24, 2.45) is 5.92 Å². The summed E-state index contributed by atoms with van der Waals surface area (Å²) in [6.45, 7) is 4.16. The Labute approximate surface area is 122 Å². The van der Waals surface area contributed by atoms with Crippen molar-refractivity contribution in [2.75, 3.05) is 20.3 Å². The van der Waals surface area contributed by atoms with Crippen LogP contribution in [-0.2, 0) is 0 Å². The Kier molecular flexibility index (Phi) is 6.19. The molecule has 1 aromatic rings. The van der Waals surface area contributed by atoms with Gasteiger partial charge in [0.25, 0.3) is 0 Å². The molecule has 0 bridgehead atoms. The topological polar surface area (TPSA) is 30.5 Å². The zero-order valence-electron chi connectivity index (χ0n) is 12.7. The fraction of sp³-hybridized carbons (Fsp3) is 0.647. The molecule has 2 rings (SSSR count). The van der Waals surface area contributed by atoms with E-state index in [0.717, 1.165) is 37.0 Å². The normalized spacial score (nSPS) is 21.9. The highest BCUT2D eigenvalue weighted by atomic mass is 16.5. The predicted molar refractivity (Wildman–Crippen MR) is 82.5 cm³/mol. The van der Waals surface area contributed by atoms with Crippen LogP contribution in [0, 0.1) is 5.92 Å². The monoisotopic (exact) mass is 277 g/mol. The summed E-state index contributed by atoms with van der Waals surface area (Å²) in [4.78, 5) is 0. The molecule has 3 heteroatoms. The van der Waals surface area contributed by atoms with E-state index in [9.17, 15) is 0 Å². The standard InChI is InChI=1S/C17H27NO2/c1-3-11-18-17-9-4-6-14(17)10-12-20-16-8-5-7-15(13-16)19-2/h5,7-8,13-14,17-18H,3-4,6,9-12H2,1-2H3. The molecule has 112 valence electrons. The molecule has 1 saturated carbocycles. The van der Waals surface area contributed by atoms with E-state index in [1.807, 2.05) is 24.3 Å². The molecule has 0 aliphatic heterocycles. The number of hydrogen-bond donors (Lipinski definition) is 1. The van der Waals surface area contributed by atoms with Crippen LogP contribution in [0.3, 0.4) is 0 Å². The Balaban J connectivity index is 1.74. The molecule has 20 heavy (non-hydrogen) atoms. The summed E-state index contributed by atoms with van der Waals surface area (Å²) in [5.74, 6) is 2.53. The van der Waals surface area contributed by atoms with Crippen molar-refractivity contribution in [1.29, 1.82) is 0 Å². The lowest BCUT2D eigenvalue weighted by atomic mass is 10.00. The molecule has 0 amide bonds. The Morgan fingerprint density at radius 2 is 2.10 bits per heavy atom. The van der Waals surface area contributed by atoms with Gasteiger partial charge in [-0.2, -0.15) is 0 Å². The molecular formula is C17H27NO2. The van der Waals surface area contributed by atoms with Gasteiger partial charge < -0.3 is 14.8 Å². The van der Waals surface area contributed by atoms with Gasteiger partial charge in [0.15, 0.2) is 0 Å². The van der Waals surface area contributed by atoms with E-state index in [1.165, 1.54) is 25.7 Å². The molecule has 1 aliphatic carbocycles. The first-order valence-corrected chi connectivity index (χ1v) is 7.83. The van der Waals surface area contributed by atoms with E-state index >= 15 is 0 Å². The van der Waals surface area contributed by atoms with Crippen LogP contribution < -0.4 is 14.8 Å². The van der Waals surface area contributed by atoms with Crippen LogP contribution in [0.2, 0.25) is 0 Å². The maximum absolute atomic E-state index is 5.86. The fourth-order valence-electron chi connectivity index (χ4n) is 3.00. The van der Waals surface area contributed by atoms with Gasteiger partial charge in [0.05, 0.1) is 13.7 Å². The first-order valence-electron chi connectivity index (χ1n) is 7.83. The third-order valence-electron chi connectivity index (χ3n) is 4.11. The molecule has 0 heterocycles. The van der Waals surface area contributed by atoms with Crippen LogP contribution in [-0.4, -0.2) is 26.3 Å². The molecule has 0 radical (unpaired) electrons. The van der Waals surface area contributed by atoms with Gasteiger partial charge in [-0.05, 0) is 50.3 Å². The molecule has 2 unspecified atom stereocenters. The Bertz CT molecular complexity index is 394. The summed E-state index contributed by atoms with van der Waals surface area (Å²) < 4.78 is 11.1. The minimum Gasteiger partial charge on any atom is -0.497 e. The number of rotatable bonds is 8. The molecule has 1 aromatic carbocycles. The van der Waals surface area contributed by atoms with E-state index in [-0.39, 0.29) is 0 Å². The average molecular weight is 277 g/mol. The van der Waals surface area contributed by atoms with Crippen molar-refractivity contribution in [3.63, 3.8) is 0 Å². The van der Waals surface area contributed by atoms with E-state index in [2.05, 4.69) is 12.2 Å². The summed E-state index contributed by atoms with van der Waals surface area (Å²) in [5, 5.41) is 3.67. The fourth-order valence-corrected chi connectivity index (χ4v) is 3.00. The van der Waals surface area contributed by atoms with Crippen molar-refractivity contribution in [3.8, 4) is 11.5 Å². The number of hydrogen-bond acceptors (Lipinski definition) is 3. The summed E-state index contributed by atoms with van der Waals surface area (Å²) in [5.41, 5.74) is 0. The average Bonchev–Trinajstić information content (AvgIpc) is 2.93. The van der Waals surface area contributed by atoms with E-state index in [4.69, 9.17) is 9.47 Å². The highest BCUT2D eigenvalue weighted by Gasteiger charge is 2.26.